The van der Waals surface area contributed by atoms with Crippen molar-refractivity contribution in [3.63, 3.8) is 0 Å². The highest BCUT2D eigenvalue weighted by atomic mass is 32.2. The Morgan fingerprint density at radius 2 is 1.95 bits per heavy atom. The van der Waals surface area contributed by atoms with Crippen LogP contribution in [-0.4, -0.2) is 53.5 Å². The molecule has 4 rings (SSSR count). The molecule has 0 unspecified atom stereocenters. The normalized spacial score (nSPS) is 13.3. The van der Waals surface area contributed by atoms with Crippen LogP contribution >= 0.6 is 34.4 Å². The molecule has 0 spiro atoms. The Morgan fingerprint density at radius 1 is 1.16 bits per heavy atom. The van der Waals surface area contributed by atoms with E-state index in [4.69, 9.17) is 9.47 Å². The van der Waals surface area contributed by atoms with Crippen LogP contribution in [0.1, 0.15) is 40.6 Å². The van der Waals surface area contributed by atoms with Gasteiger partial charge in [0.2, 0.25) is 5.91 Å². The summed E-state index contributed by atoms with van der Waals surface area (Å²) in [6.07, 6.45) is 3.67. The summed E-state index contributed by atoms with van der Waals surface area (Å²) in [6.45, 7) is 1.80. The lowest BCUT2D eigenvalue weighted by Crippen LogP contribution is -2.23. The number of hydrogen-bond acceptors (Lipinski definition) is 9. The maximum absolute atomic E-state index is 13.7. The number of hydrogen-bond donors (Lipinski definition) is 1. The third-order valence-electron chi connectivity index (χ3n) is 5.74. The van der Waals surface area contributed by atoms with Crippen molar-refractivity contribution in [2.75, 3.05) is 30.5 Å². The highest BCUT2D eigenvalue weighted by molar-refractivity contribution is 8.00. The third kappa shape index (κ3) is 6.51. The second-order valence-corrected chi connectivity index (χ2v) is 11.4. The van der Waals surface area contributed by atoms with Gasteiger partial charge < -0.3 is 19.4 Å². The van der Waals surface area contributed by atoms with Gasteiger partial charge in [0.25, 0.3) is 5.91 Å². The molecular formula is C25H26FN3O6S3. The highest BCUT2D eigenvalue weighted by Gasteiger charge is 2.27. The number of rotatable bonds is 9. The van der Waals surface area contributed by atoms with Crippen LogP contribution in [0.3, 0.4) is 0 Å². The van der Waals surface area contributed by atoms with Gasteiger partial charge in [0.15, 0.2) is 4.80 Å². The van der Waals surface area contributed by atoms with Gasteiger partial charge in [0, 0.05) is 4.88 Å². The van der Waals surface area contributed by atoms with Gasteiger partial charge >= 0.3 is 11.9 Å². The van der Waals surface area contributed by atoms with E-state index in [2.05, 4.69) is 10.3 Å². The maximum Gasteiger partial charge on any atom is 0.341 e. The molecule has 1 N–H and O–H groups in total. The number of aromatic nitrogens is 1. The number of anilines is 1. The fraction of sp³-hybridized carbons (Fsp3) is 0.400. The molecule has 2 amide bonds. The van der Waals surface area contributed by atoms with Crippen molar-refractivity contribution in [3.05, 3.63) is 44.8 Å². The van der Waals surface area contributed by atoms with E-state index in [0.717, 1.165) is 59.2 Å². The number of nitrogens with zero attached hydrogens (tertiary/aromatic N) is 2. The van der Waals surface area contributed by atoms with E-state index in [1.54, 1.807) is 6.92 Å². The molecule has 0 saturated heterocycles. The fourth-order valence-electron chi connectivity index (χ4n) is 4.08. The van der Waals surface area contributed by atoms with E-state index >= 15 is 0 Å². The molecule has 9 nitrogen and oxygen atoms in total. The second-order valence-electron chi connectivity index (χ2n) is 8.34. The van der Waals surface area contributed by atoms with Crippen molar-refractivity contribution >= 4 is 73.4 Å². The number of amides is 2. The van der Waals surface area contributed by atoms with Gasteiger partial charge in [-0.25, -0.2) is 9.18 Å². The molecule has 2 aromatic heterocycles. The molecule has 0 atom stereocenters. The molecule has 0 fully saturated rings. The van der Waals surface area contributed by atoms with Gasteiger partial charge in [-0.05, 0) is 56.4 Å². The van der Waals surface area contributed by atoms with E-state index in [1.165, 1.54) is 41.2 Å². The van der Waals surface area contributed by atoms with Crippen molar-refractivity contribution in [1.82, 2.24) is 4.57 Å². The lowest BCUT2D eigenvalue weighted by Gasteiger charge is -2.12. The monoisotopic (exact) mass is 579 g/mol. The van der Waals surface area contributed by atoms with Crippen LogP contribution in [0.2, 0.25) is 0 Å². The van der Waals surface area contributed by atoms with Gasteiger partial charge in [0.05, 0.1) is 41.0 Å². The third-order valence-corrected chi connectivity index (χ3v) is 8.91. The zero-order chi connectivity index (χ0) is 27.2. The molecule has 0 saturated carbocycles. The molecule has 1 aliphatic carbocycles. The predicted molar refractivity (Wildman–Crippen MR) is 145 cm³/mol. The van der Waals surface area contributed by atoms with Gasteiger partial charge in [-0.15, -0.1) is 23.1 Å². The number of benzene rings is 1. The Morgan fingerprint density at radius 3 is 2.71 bits per heavy atom. The first-order valence-electron chi connectivity index (χ1n) is 11.9. The van der Waals surface area contributed by atoms with Crippen molar-refractivity contribution in [1.29, 1.82) is 0 Å². The van der Waals surface area contributed by atoms with Crippen molar-refractivity contribution < 1.29 is 33.0 Å². The quantitative estimate of drug-likeness (QED) is 0.382. The van der Waals surface area contributed by atoms with Crippen LogP contribution < -0.4 is 10.1 Å². The average Bonchev–Trinajstić information content (AvgIpc) is 3.40. The molecule has 2 heterocycles. The van der Waals surface area contributed by atoms with Crippen LogP contribution in [0.15, 0.2) is 23.2 Å². The summed E-state index contributed by atoms with van der Waals surface area (Å²) < 4.78 is 25.7. The smallest absolute Gasteiger partial charge is 0.341 e. The van der Waals surface area contributed by atoms with Crippen LogP contribution in [0.4, 0.5) is 9.39 Å². The number of fused-ring (bicyclic) bond motifs is 2. The Balaban J connectivity index is 1.43. The van der Waals surface area contributed by atoms with E-state index in [1.807, 2.05) is 0 Å². The first kappa shape index (κ1) is 28.0. The minimum absolute atomic E-state index is 0.0219. The first-order valence-corrected chi connectivity index (χ1v) is 14.7. The van der Waals surface area contributed by atoms with Crippen LogP contribution in [0.5, 0.6) is 0 Å². The summed E-state index contributed by atoms with van der Waals surface area (Å²) in [6, 6.07) is 4.09. The molecule has 0 bridgehead atoms. The number of methoxy groups -OCH3 is 1. The van der Waals surface area contributed by atoms with E-state index < -0.39 is 23.7 Å². The number of carbonyl (C=O) groups is 4. The Labute approximate surface area is 230 Å². The Kier molecular flexibility index (Phi) is 9.34. The van der Waals surface area contributed by atoms with Gasteiger partial charge in [-0.2, -0.15) is 4.99 Å². The number of thioether (sulfide) groups is 1. The van der Waals surface area contributed by atoms with Crippen molar-refractivity contribution in [2.24, 2.45) is 4.99 Å². The minimum atomic E-state index is -0.536. The van der Waals surface area contributed by atoms with Gasteiger partial charge in [-0.1, -0.05) is 11.3 Å². The topological polar surface area (TPSA) is 116 Å². The number of nitrogens with one attached hydrogen (secondary N) is 1. The zero-order valence-electron chi connectivity index (χ0n) is 20.8. The lowest BCUT2D eigenvalue weighted by molar-refractivity contribution is -0.141. The number of esters is 2. The number of aryl methyl sites for hydroxylation is 1. The molecule has 0 aliphatic heterocycles. The Hall–Kier alpha value is -3.03. The predicted octanol–water partition coefficient (Wildman–Crippen LogP) is 3.93. The summed E-state index contributed by atoms with van der Waals surface area (Å²) in [5.41, 5.74) is 1.95. The molecule has 0 radical (unpaired) electrons. The van der Waals surface area contributed by atoms with E-state index in [9.17, 15) is 23.6 Å². The number of thiazole rings is 1. The largest absolute Gasteiger partial charge is 0.468 e. The zero-order valence-corrected chi connectivity index (χ0v) is 23.3. The molecule has 1 aromatic carbocycles. The van der Waals surface area contributed by atoms with Crippen LogP contribution in [0, 0.1) is 5.82 Å². The Bertz CT molecular complexity index is 1460. The number of halogens is 1. The summed E-state index contributed by atoms with van der Waals surface area (Å²) in [5, 5.41) is 3.30. The number of carbonyl (C=O) groups excluding carboxylic acids is 4. The number of thiophene rings is 1. The molecule has 202 valence electrons. The van der Waals surface area contributed by atoms with E-state index in [-0.39, 0.29) is 35.4 Å². The SMILES string of the molecule is CCOC(=O)c1c(NC(=O)CSCC(=O)N=c2sc3cc(F)ccc3n2CC(=O)OC)sc2c1CCCC2. The average molecular weight is 580 g/mol. The summed E-state index contributed by atoms with van der Waals surface area (Å²) in [7, 11) is 1.25. The molecule has 1 aliphatic rings. The maximum atomic E-state index is 13.7. The fourth-order valence-corrected chi connectivity index (χ4v) is 7.05. The number of ether oxygens (including phenoxy) is 2. The minimum Gasteiger partial charge on any atom is -0.468 e. The second kappa shape index (κ2) is 12.7. The summed E-state index contributed by atoms with van der Waals surface area (Å²) in [5.74, 6) is -2.37. The van der Waals surface area contributed by atoms with Gasteiger partial charge in [0.1, 0.15) is 17.4 Å². The van der Waals surface area contributed by atoms with Crippen LogP contribution in [-0.2, 0) is 43.2 Å². The molecule has 3 aromatic rings. The summed E-state index contributed by atoms with van der Waals surface area (Å²) >= 11 is 3.56. The molecule has 13 heteroatoms. The van der Waals surface area contributed by atoms with Crippen LogP contribution in [0.25, 0.3) is 10.2 Å². The van der Waals surface area contributed by atoms with Gasteiger partial charge in [-0.3, -0.25) is 14.4 Å². The lowest BCUT2D eigenvalue weighted by atomic mass is 9.95. The molecule has 38 heavy (non-hydrogen) atoms. The van der Waals surface area contributed by atoms with Crippen molar-refractivity contribution in [2.45, 2.75) is 39.2 Å². The molecular weight excluding hydrogens is 553 g/mol. The standard InChI is InChI=1S/C25H26FN3O6S3/c1-3-35-24(33)22-15-6-4-5-7-17(15)37-23(22)27-19(30)12-36-13-20(31)28-25-29(11-21(32)34-2)16-9-8-14(26)10-18(16)38-25/h8-10H,3-7,11-13H2,1-2H3,(H,27,30). The van der Waals surface area contributed by atoms with Crippen molar-refractivity contribution in [3.8, 4) is 0 Å². The summed E-state index contributed by atoms with van der Waals surface area (Å²) in [4.78, 5) is 55.1. The van der Waals surface area contributed by atoms with E-state index in [0.29, 0.717) is 20.8 Å². The first-order chi connectivity index (χ1) is 18.3. The highest BCUT2D eigenvalue weighted by Crippen LogP contribution is 2.38.